The smallest absolute Gasteiger partial charge is 0.273 e. The zero-order chi connectivity index (χ0) is 21.2. The van der Waals surface area contributed by atoms with Gasteiger partial charge in [0, 0.05) is 18.2 Å². The van der Waals surface area contributed by atoms with Crippen molar-refractivity contribution in [3.63, 3.8) is 0 Å². The maximum absolute atomic E-state index is 12.9. The van der Waals surface area contributed by atoms with Crippen molar-refractivity contribution in [2.75, 3.05) is 14.2 Å². The van der Waals surface area contributed by atoms with E-state index in [9.17, 15) is 9.18 Å². The number of nitrogens with zero attached hydrogens (tertiary/aromatic N) is 2. The summed E-state index contributed by atoms with van der Waals surface area (Å²) < 4.78 is 12.9. The summed E-state index contributed by atoms with van der Waals surface area (Å²) in [6.45, 7) is 1.89. The first kappa shape index (κ1) is 22.1. The fourth-order valence-corrected chi connectivity index (χ4v) is 2.66. The lowest BCUT2D eigenvalue weighted by atomic mass is 10.0. The average molecular weight is 418 g/mol. The highest BCUT2D eigenvalue weighted by Crippen LogP contribution is 2.15. The van der Waals surface area contributed by atoms with Crippen LogP contribution in [0.15, 0.2) is 64.1 Å². The average Bonchev–Trinajstić information content (AvgIpc) is 2.71. The van der Waals surface area contributed by atoms with E-state index in [1.54, 1.807) is 37.3 Å². The van der Waals surface area contributed by atoms with Crippen molar-refractivity contribution in [1.82, 2.24) is 5.32 Å². The third-order valence-electron chi connectivity index (χ3n) is 3.90. The van der Waals surface area contributed by atoms with Crippen molar-refractivity contribution in [2.45, 2.75) is 13.5 Å². The third kappa shape index (κ3) is 6.43. The van der Waals surface area contributed by atoms with Crippen LogP contribution in [0.1, 0.15) is 29.2 Å². The molecule has 0 spiro atoms. The van der Waals surface area contributed by atoms with Crippen LogP contribution in [-0.4, -0.2) is 31.5 Å². The maximum atomic E-state index is 12.9. The highest BCUT2D eigenvalue weighted by molar-refractivity contribution is 6.45. The summed E-state index contributed by atoms with van der Waals surface area (Å²) in [5.74, 6) is -0.379. The minimum atomic E-state index is -0.797. The summed E-state index contributed by atoms with van der Waals surface area (Å²) in [5.41, 5.74) is 3.40. The molecule has 0 saturated heterocycles. The van der Waals surface area contributed by atoms with Crippen LogP contribution in [0.5, 0.6) is 0 Å². The third-order valence-corrected chi connectivity index (χ3v) is 4.01. The maximum Gasteiger partial charge on any atom is 0.273 e. The molecule has 2 rings (SSSR count). The SMILES string of the molecule is CNC(=O)/C(=N/OC)c1ccccc1CON=C(C)c1cccc(C=C(F)Cl)c1. The van der Waals surface area contributed by atoms with Crippen molar-refractivity contribution >= 4 is 35.0 Å². The number of hydrogen-bond acceptors (Lipinski definition) is 5. The molecule has 1 amide bonds. The standard InChI is InChI=1S/C21H21ClFN3O3/c1-14(16-9-6-7-15(11-16)12-19(22)23)25-29-13-17-8-4-5-10-18(17)20(26-28-3)21(27)24-2/h4-12H,13H2,1-3H3,(H,24,27)/b19-12?,25-14?,26-20+. The zero-order valence-corrected chi connectivity index (χ0v) is 17.0. The van der Waals surface area contributed by atoms with Gasteiger partial charge in [-0.05, 0) is 30.2 Å². The molecule has 0 aliphatic rings. The second kappa shape index (κ2) is 11.0. The number of carbonyl (C=O) groups excluding carboxylic acids is 1. The van der Waals surface area contributed by atoms with Crippen LogP contribution < -0.4 is 5.32 Å². The predicted molar refractivity (Wildman–Crippen MR) is 112 cm³/mol. The molecule has 6 nitrogen and oxygen atoms in total. The lowest BCUT2D eigenvalue weighted by molar-refractivity contribution is -0.114. The van der Waals surface area contributed by atoms with Crippen molar-refractivity contribution in [1.29, 1.82) is 0 Å². The van der Waals surface area contributed by atoms with E-state index in [1.807, 2.05) is 18.2 Å². The number of hydrogen-bond donors (Lipinski definition) is 1. The van der Waals surface area contributed by atoms with E-state index in [-0.39, 0.29) is 18.2 Å². The lowest BCUT2D eigenvalue weighted by Crippen LogP contribution is -2.29. The van der Waals surface area contributed by atoms with E-state index in [0.717, 1.165) is 5.56 Å². The number of amides is 1. The number of likely N-dealkylation sites (N-methyl/N-ethyl adjacent to an activating group) is 1. The van der Waals surface area contributed by atoms with E-state index in [4.69, 9.17) is 21.3 Å². The largest absolute Gasteiger partial charge is 0.398 e. The van der Waals surface area contributed by atoms with Gasteiger partial charge in [-0.1, -0.05) is 64.4 Å². The summed E-state index contributed by atoms with van der Waals surface area (Å²) >= 11 is 5.28. The van der Waals surface area contributed by atoms with Crippen LogP contribution in [-0.2, 0) is 21.1 Å². The van der Waals surface area contributed by atoms with Gasteiger partial charge in [0.15, 0.2) is 11.0 Å². The summed E-state index contributed by atoms with van der Waals surface area (Å²) in [5, 5.41) is 9.67. The molecule has 0 atom stereocenters. The van der Waals surface area contributed by atoms with Gasteiger partial charge in [0.1, 0.15) is 13.7 Å². The van der Waals surface area contributed by atoms with Gasteiger partial charge in [0.25, 0.3) is 5.91 Å². The Morgan fingerprint density at radius 2 is 1.97 bits per heavy atom. The first-order valence-electron chi connectivity index (χ1n) is 8.67. The Morgan fingerprint density at radius 1 is 1.21 bits per heavy atom. The van der Waals surface area contributed by atoms with Crippen LogP contribution in [0.2, 0.25) is 0 Å². The Labute approximate surface area is 173 Å². The van der Waals surface area contributed by atoms with Crippen LogP contribution in [0.3, 0.4) is 0 Å². The van der Waals surface area contributed by atoms with Crippen LogP contribution in [0, 0.1) is 0 Å². The Hall–Kier alpha value is -3.19. The summed E-state index contributed by atoms with van der Waals surface area (Å²) in [6, 6.07) is 14.2. The number of carbonyl (C=O) groups is 1. The van der Waals surface area contributed by atoms with E-state index >= 15 is 0 Å². The first-order chi connectivity index (χ1) is 14.0. The molecule has 152 valence electrons. The highest BCUT2D eigenvalue weighted by Gasteiger charge is 2.17. The van der Waals surface area contributed by atoms with Gasteiger partial charge >= 0.3 is 0 Å². The fraction of sp³-hybridized carbons (Fsp3) is 0.190. The van der Waals surface area contributed by atoms with Gasteiger partial charge in [-0.2, -0.15) is 4.39 Å². The van der Waals surface area contributed by atoms with Gasteiger partial charge in [0.05, 0.1) is 5.71 Å². The summed E-state index contributed by atoms with van der Waals surface area (Å²) in [4.78, 5) is 22.4. The van der Waals surface area contributed by atoms with Gasteiger partial charge in [-0.3, -0.25) is 4.79 Å². The highest BCUT2D eigenvalue weighted by atomic mass is 35.5. The van der Waals surface area contributed by atoms with E-state index < -0.39 is 5.29 Å². The van der Waals surface area contributed by atoms with Gasteiger partial charge < -0.3 is 15.0 Å². The Balaban J connectivity index is 2.19. The van der Waals surface area contributed by atoms with E-state index in [0.29, 0.717) is 22.4 Å². The second-order valence-electron chi connectivity index (χ2n) is 5.87. The van der Waals surface area contributed by atoms with E-state index in [2.05, 4.69) is 15.6 Å². The molecule has 29 heavy (non-hydrogen) atoms. The predicted octanol–water partition coefficient (Wildman–Crippen LogP) is 4.23. The van der Waals surface area contributed by atoms with Crippen LogP contribution in [0.4, 0.5) is 4.39 Å². The first-order valence-corrected chi connectivity index (χ1v) is 9.05. The molecule has 0 aromatic heterocycles. The Bertz CT molecular complexity index is 954. The molecular weight excluding hydrogens is 397 g/mol. The number of benzene rings is 2. The number of nitrogens with one attached hydrogen (secondary N) is 1. The topological polar surface area (TPSA) is 72.3 Å². The minimum absolute atomic E-state index is 0.114. The van der Waals surface area contributed by atoms with Gasteiger partial charge in [0.2, 0.25) is 0 Å². The molecule has 0 heterocycles. The number of rotatable bonds is 8. The van der Waals surface area contributed by atoms with Gasteiger partial charge in [-0.15, -0.1) is 0 Å². The van der Waals surface area contributed by atoms with Crippen molar-refractivity contribution < 1.29 is 18.9 Å². The molecule has 0 unspecified atom stereocenters. The normalized spacial score (nSPS) is 12.5. The quantitative estimate of drug-likeness (QED) is 0.516. The zero-order valence-electron chi connectivity index (χ0n) is 16.3. The molecule has 2 aromatic carbocycles. The Morgan fingerprint density at radius 3 is 2.66 bits per heavy atom. The summed E-state index contributed by atoms with van der Waals surface area (Å²) in [7, 11) is 2.88. The Kier molecular flexibility index (Phi) is 8.36. The fourth-order valence-electron chi connectivity index (χ4n) is 2.53. The molecule has 0 aliphatic carbocycles. The van der Waals surface area contributed by atoms with E-state index in [1.165, 1.54) is 20.2 Å². The molecule has 2 aromatic rings. The molecular formula is C21H21ClFN3O3. The van der Waals surface area contributed by atoms with Crippen LogP contribution >= 0.6 is 11.6 Å². The van der Waals surface area contributed by atoms with Crippen molar-refractivity contribution in [2.24, 2.45) is 10.3 Å². The molecule has 0 bridgehead atoms. The van der Waals surface area contributed by atoms with Crippen molar-refractivity contribution in [3.05, 3.63) is 76.1 Å². The molecule has 0 aliphatic heterocycles. The minimum Gasteiger partial charge on any atom is -0.398 e. The lowest BCUT2D eigenvalue weighted by Gasteiger charge is -2.10. The van der Waals surface area contributed by atoms with Crippen LogP contribution in [0.25, 0.3) is 6.08 Å². The number of oxime groups is 2. The van der Waals surface area contributed by atoms with Gasteiger partial charge in [-0.25, -0.2) is 0 Å². The molecule has 1 N–H and O–H groups in total. The molecule has 8 heteroatoms. The molecule has 0 radical (unpaired) electrons. The molecule has 0 saturated carbocycles. The number of halogens is 2. The second-order valence-corrected chi connectivity index (χ2v) is 6.23. The van der Waals surface area contributed by atoms with Crippen molar-refractivity contribution in [3.8, 4) is 0 Å². The molecule has 0 fully saturated rings. The monoisotopic (exact) mass is 417 g/mol. The summed E-state index contributed by atoms with van der Waals surface area (Å²) in [6.07, 6.45) is 1.21.